The van der Waals surface area contributed by atoms with Crippen molar-refractivity contribution in [1.82, 2.24) is 4.98 Å². The van der Waals surface area contributed by atoms with Crippen LogP contribution in [-0.4, -0.2) is 21.7 Å². The monoisotopic (exact) mass is 198 g/mol. The second-order valence-corrected chi connectivity index (χ2v) is 3.48. The van der Waals surface area contributed by atoms with Crippen molar-refractivity contribution in [3.63, 3.8) is 0 Å². The molecule has 0 radical (unpaired) electrons. The Hall–Kier alpha value is -1.16. The Kier molecular flexibility index (Phi) is 4.32. The number of unbranched alkanes of at least 4 members (excludes halogenated alkanes) is 3. The molecule has 1 heterocycles. The SMILES string of the molecule is NCCCCCCc1cc(O)[nH]c1O. The van der Waals surface area contributed by atoms with Crippen molar-refractivity contribution in [2.75, 3.05) is 6.54 Å². The fraction of sp³-hybridized carbons (Fsp3) is 0.600. The maximum atomic E-state index is 9.30. The quantitative estimate of drug-likeness (QED) is 0.523. The zero-order valence-corrected chi connectivity index (χ0v) is 8.29. The average molecular weight is 198 g/mol. The van der Waals surface area contributed by atoms with Crippen molar-refractivity contribution >= 4 is 0 Å². The topological polar surface area (TPSA) is 82.3 Å². The molecule has 1 aromatic heterocycles. The van der Waals surface area contributed by atoms with Crippen LogP contribution in [-0.2, 0) is 6.42 Å². The first kappa shape index (κ1) is 10.9. The summed E-state index contributed by atoms with van der Waals surface area (Å²) in [5.74, 6) is 0.112. The van der Waals surface area contributed by atoms with E-state index in [4.69, 9.17) is 10.8 Å². The summed E-state index contributed by atoms with van der Waals surface area (Å²) < 4.78 is 0. The Labute approximate surface area is 83.8 Å². The molecule has 4 heteroatoms. The molecule has 0 aliphatic heterocycles. The minimum atomic E-state index is 0.0273. The van der Waals surface area contributed by atoms with Crippen LogP contribution >= 0.6 is 0 Å². The summed E-state index contributed by atoms with van der Waals surface area (Å²) in [4.78, 5) is 2.45. The molecule has 0 saturated carbocycles. The van der Waals surface area contributed by atoms with Gasteiger partial charge in [0.05, 0.1) is 0 Å². The van der Waals surface area contributed by atoms with Crippen LogP contribution in [0.1, 0.15) is 31.2 Å². The van der Waals surface area contributed by atoms with Gasteiger partial charge in [0, 0.05) is 11.6 Å². The lowest BCUT2D eigenvalue weighted by molar-refractivity contribution is 0.422. The largest absolute Gasteiger partial charge is 0.495 e. The Balaban J connectivity index is 2.21. The fourth-order valence-corrected chi connectivity index (χ4v) is 1.47. The maximum Gasteiger partial charge on any atom is 0.194 e. The van der Waals surface area contributed by atoms with Crippen molar-refractivity contribution in [2.24, 2.45) is 5.73 Å². The number of rotatable bonds is 6. The van der Waals surface area contributed by atoms with Gasteiger partial charge in [0.25, 0.3) is 0 Å². The molecule has 0 amide bonds. The van der Waals surface area contributed by atoms with Crippen LogP contribution in [0.4, 0.5) is 0 Å². The predicted molar refractivity (Wildman–Crippen MR) is 55.3 cm³/mol. The number of H-pyrrole nitrogens is 1. The summed E-state index contributed by atoms with van der Waals surface area (Å²) in [6.45, 7) is 0.746. The highest BCUT2D eigenvalue weighted by Crippen LogP contribution is 2.23. The molecule has 0 aliphatic carbocycles. The summed E-state index contributed by atoms with van der Waals surface area (Å²) in [6, 6.07) is 1.57. The van der Waals surface area contributed by atoms with Gasteiger partial charge in [-0.2, -0.15) is 0 Å². The highest BCUT2D eigenvalue weighted by Gasteiger charge is 2.04. The van der Waals surface area contributed by atoms with E-state index in [0.717, 1.165) is 44.2 Å². The fourth-order valence-electron chi connectivity index (χ4n) is 1.47. The Morgan fingerprint density at radius 2 is 1.86 bits per heavy atom. The molecule has 0 aromatic carbocycles. The molecule has 1 rings (SSSR count). The van der Waals surface area contributed by atoms with Gasteiger partial charge in [0.1, 0.15) is 0 Å². The maximum absolute atomic E-state index is 9.30. The number of nitrogens with two attached hydrogens (primary N) is 1. The number of aryl methyl sites for hydroxylation is 1. The predicted octanol–water partition coefficient (Wildman–Crippen LogP) is 1.49. The number of hydrogen-bond donors (Lipinski definition) is 4. The van der Waals surface area contributed by atoms with Crippen LogP contribution < -0.4 is 5.73 Å². The molecule has 0 bridgehead atoms. The normalized spacial score (nSPS) is 10.6. The van der Waals surface area contributed by atoms with Gasteiger partial charge in [-0.15, -0.1) is 0 Å². The van der Waals surface area contributed by atoms with Crippen molar-refractivity contribution in [1.29, 1.82) is 0 Å². The van der Waals surface area contributed by atoms with Gasteiger partial charge in [0.15, 0.2) is 11.8 Å². The molecule has 5 N–H and O–H groups in total. The number of aromatic nitrogens is 1. The van der Waals surface area contributed by atoms with Gasteiger partial charge in [0.2, 0.25) is 0 Å². The Morgan fingerprint density at radius 3 is 2.43 bits per heavy atom. The van der Waals surface area contributed by atoms with Crippen molar-refractivity contribution in [3.05, 3.63) is 11.6 Å². The molecule has 0 unspecified atom stereocenters. The standard InChI is InChI=1S/C10H18N2O2/c11-6-4-2-1-3-5-8-7-9(13)12-10(8)14/h7,12-14H,1-6,11H2. The summed E-state index contributed by atoms with van der Waals surface area (Å²) in [7, 11) is 0. The highest BCUT2D eigenvalue weighted by atomic mass is 16.3. The first-order valence-electron chi connectivity index (χ1n) is 5.04. The third-order valence-electron chi connectivity index (χ3n) is 2.26. The lowest BCUT2D eigenvalue weighted by Gasteiger charge is -1.99. The molecular formula is C10H18N2O2. The van der Waals surface area contributed by atoms with E-state index >= 15 is 0 Å². The lowest BCUT2D eigenvalue weighted by Crippen LogP contribution is -1.97. The molecular weight excluding hydrogens is 180 g/mol. The van der Waals surface area contributed by atoms with Crippen LogP contribution in [0.2, 0.25) is 0 Å². The zero-order valence-electron chi connectivity index (χ0n) is 8.29. The summed E-state index contributed by atoms with van der Waals surface area (Å²) in [5, 5.41) is 18.3. The van der Waals surface area contributed by atoms with E-state index in [1.54, 1.807) is 6.07 Å². The molecule has 0 atom stereocenters. The first-order chi connectivity index (χ1) is 6.74. The average Bonchev–Trinajstić information content (AvgIpc) is 2.45. The van der Waals surface area contributed by atoms with Gasteiger partial charge in [-0.25, -0.2) is 0 Å². The van der Waals surface area contributed by atoms with E-state index in [0.29, 0.717) is 0 Å². The van der Waals surface area contributed by atoms with Gasteiger partial charge < -0.3 is 15.9 Å². The number of aromatic amines is 1. The van der Waals surface area contributed by atoms with Crippen LogP contribution in [0.25, 0.3) is 0 Å². The minimum Gasteiger partial charge on any atom is -0.495 e. The second-order valence-electron chi connectivity index (χ2n) is 3.48. The smallest absolute Gasteiger partial charge is 0.194 e. The first-order valence-corrected chi connectivity index (χ1v) is 5.04. The van der Waals surface area contributed by atoms with Crippen LogP contribution in [0.3, 0.4) is 0 Å². The van der Waals surface area contributed by atoms with Gasteiger partial charge in [-0.3, -0.25) is 4.98 Å². The van der Waals surface area contributed by atoms with Gasteiger partial charge in [-0.05, 0) is 25.8 Å². The molecule has 0 aliphatic rings. The molecule has 0 fully saturated rings. The summed E-state index contributed by atoms with van der Waals surface area (Å²) in [5.41, 5.74) is 6.16. The Bertz CT molecular complexity index is 271. The van der Waals surface area contributed by atoms with E-state index in [2.05, 4.69) is 4.98 Å². The Morgan fingerprint density at radius 1 is 1.14 bits per heavy atom. The van der Waals surface area contributed by atoms with Crippen LogP contribution in [0.5, 0.6) is 11.8 Å². The van der Waals surface area contributed by atoms with E-state index in [9.17, 15) is 5.11 Å². The molecule has 0 spiro atoms. The van der Waals surface area contributed by atoms with E-state index in [1.807, 2.05) is 0 Å². The molecule has 80 valence electrons. The molecule has 0 saturated heterocycles. The van der Waals surface area contributed by atoms with Crippen molar-refractivity contribution in [2.45, 2.75) is 32.1 Å². The third kappa shape index (κ3) is 3.30. The van der Waals surface area contributed by atoms with Crippen molar-refractivity contribution < 1.29 is 10.2 Å². The summed E-state index contributed by atoms with van der Waals surface area (Å²) in [6.07, 6.45) is 5.12. The third-order valence-corrected chi connectivity index (χ3v) is 2.26. The lowest BCUT2D eigenvalue weighted by atomic mass is 10.1. The number of aromatic hydroxyl groups is 2. The number of hydrogen-bond acceptors (Lipinski definition) is 3. The van der Waals surface area contributed by atoms with Gasteiger partial charge >= 0.3 is 0 Å². The molecule has 1 aromatic rings. The molecule has 4 nitrogen and oxygen atoms in total. The highest BCUT2D eigenvalue weighted by molar-refractivity contribution is 5.32. The van der Waals surface area contributed by atoms with Gasteiger partial charge in [-0.1, -0.05) is 12.8 Å². The van der Waals surface area contributed by atoms with Crippen molar-refractivity contribution in [3.8, 4) is 11.8 Å². The minimum absolute atomic E-state index is 0.0273. The van der Waals surface area contributed by atoms with E-state index < -0.39 is 0 Å². The van der Waals surface area contributed by atoms with Crippen LogP contribution in [0, 0.1) is 0 Å². The second kappa shape index (κ2) is 5.54. The number of nitrogens with one attached hydrogen (secondary N) is 1. The molecule has 14 heavy (non-hydrogen) atoms. The zero-order chi connectivity index (χ0) is 10.4. The van der Waals surface area contributed by atoms with E-state index in [1.165, 1.54) is 0 Å². The summed E-state index contributed by atoms with van der Waals surface area (Å²) >= 11 is 0. The van der Waals surface area contributed by atoms with Crippen LogP contribution in [0.15, 0.2) is 6.07 Å². The van der Waals surface area contributed by atoms with E-state index in [-0.39, 0.29) is 11.8 Å².